The summed E-state index contributed by atoms with van der Waals surface area (Å²) in [6, 6.07) is 0. The molecule has 1 rings (SSSR count). The first-order valence-corrected chi connectivity index (χ1v) is 3.94. The van der Waals surface area contributed by atoms with Gasteiger partial charge in [0, 0.05) is 5.92 Å². The Kier molecular flexibility index (Phi) is 2.63. The van der Waals surface area contributed by atoms with Crippen molar-refractivity contribution in [3.05, 3.63) is 0 Å². The van der Waals surface area contributed by atoms with Crippen molar-refractivity contribution >= 4 is 12.2 Å². The van der Waals surface area contributed by atoms with Crippen molar-refractivity contribution in [2.24, 2.45) is 11.8 Å². The first-order chi connectivity index (χ1) is 5.25. The molecular formula is C8H11NO2. The summed E-state index contributed by atoms with van der Waals surface area (Å²) in [5.74, 6) is -1.47. The summed E-state index contributed by atoms with van der Waals surface area (Å²) in [5, 5.41) is 0. The van der Waals surface area contributed by atoms with Gasteiger partial charge in [-0.05, 0) is 12.8 Å². The largest absolute Gasteiger partial charge is 0.303 e. The van der Waals surface area contributed by atoms with Crippen LogP contribution in [0.25, 0.3) is 0 Å². The molecule has 0 aromatic carbocycles. The zero-order chi connectivity index (χ0) is 8.27. The topological polar surface area (TPSA) is 56.4 Å². The van der Waals surface area contributed by atoms with Gasteiger partial charge in [0.05, 0.1) is 5.92 Å². The van der Waals surface area contributed by atoms with Gasteiger partial charge in [-0.3, -0.25) is 4.79 Å². The van der Waals surface area contributed by atoms with Crippen molar-refractivity contribution in [3.8, 4) is 0 Å². The minimum Gasteiger partial charge on any atom is -0.303 e. The van der Waals surface area contributed by atoms with Crippen LogP contribution in [0.15, 0.2) is 0 Å². The number of rotatable bonds is 2. The highest BCUT2D eigenvalue weighted by molar-refractivity contribution is 5.79. The Morgan fingerprint density at radius 3 is 2.45 bits per heavy atom. The molecule has 2 radical (unpaired) electrons. The fourth-order valence-corrected chi connectivity index (χ4v) is 1.63. The van der Waals surface area contributed by atoms with Crippen molar-refractivity contribution < 1.29 is 9.59 Å². The molecule has 60 valence electrons. The monoisotopic (exact) mass is 153 g/mol. The predicted octanol–water partition coefficient (Wildman–Crippen LogP) is 0.587. The number of amides is 1. The van der Waals surface area contributed by atoms with Crippen molar-refractivity contribution in [1.82, 2.24) is 5.73 Å². The summed E-state index contributed by atoms with van der Waals surface area (Å²) in [5.41, 5.74) is 8.68. The van der Waals surface area contributed by atoms with E-state index in [-0.39, 0.29) is 5.92 Å². The molecule has 1 aliphatic rings. The number of carbonyl (C=O) groups excluding carboxylic acids is 2. The molecule has 3 heteroatoms. The fraction of sp³-hybridized carbons (Fsp3) is 0.750. The van der Waals surface area contributed by atoms with Crippen LogP contribution < -0.4 is 5.73 Å². The van der Waals surface area contributed by atoms with Crippen molar-refractivity contribution in [2.75, 3.05) is 0 Å². The summed E-state index contributed by atoms with van der Waals surface area (Å²) >= 11 is 0. The fourth-order valence-electron chi connectivity index (χ4n) is 1.63. The molecule has 1 amide bonds. The minimum atomic E-state index is -0.818. The van der Waals surface area contributed by atoms with Crippen molar-refractivity contribution in [1.29, 1.82) is 0 Å². The van der Waals surface area contributed by atoms with E-state index in [2.05, 4.69) is 0 Å². The van der Waals surface area contributed by atoms with Crippen LogP contribution in [0, 0.1) is 11.8 Å². The second-order valence-electron chi connectivity index (χ2n) is 3.03. The molecule has 11 heavy (non-hydrogen) atoms. The minimum absolute atomic E-state index is 0.235. The molecule has 0 saturated heterocycles. The Bertz CT molecular complexity index is 167. The Morgan fingerprint density at radius 1 is 1.36 bits per heavy atom. The summed E-state index contributed by atoms with van der Waals surface area (Å²) in [6.07, 6.45) is 4.14. The van der Waals surface area contributed by atoms with Gasteiger partial charge < -0.3 is 4.79 Å². The molecule has 1 fully saturated rings. The maximum atomic E-state index is 10.6. The van der Waals surface area contributed by atoms with Gasteiger partial charge in [-0.25, -0.2) is 0 Å². The lowest BCUT2D eigenvalue weighted by Gasteiger charge is -2.23. The zero-order valence-corrected chi connectivity index (χ0v) is 6.32. The maximum Gasteiger partial charge on any atom is 0.268 e. The molecule has 0 heterocycles. The summed E-state index contributed by atoms with van der Waals surface area (Å²) in [7, 11) is 0. The first kappa shape index (κ1) is 8.24. The van der Waals surface area contributed by atoms with Gasteiger partial charge in [0.15, 0.2) is 0 Å². The lowest BCUT2D eigenvalue weighted by Crippen LogP contribution is -2.28. The zero-order valence-electron chi connectivity index (χ0n) is 6.32. The van der Waals surface area contributed by atoms with Gasteiger partial charge >= 0.3 is 0 Å². The van der Waals surface area contributed by atoms with E-state index in [4.69, 9.17) is 5.73 Å². The molecular weight excluding hydrogens is 142 g/mol. The van der Waals surface area contributed by atoms with E-state index >= 15 is 0 Å². The lowest BCUT2D eigenvalue weighted by molar-refractivity contribution is -0.128. The highest BCUT2D eigenvalue weighted by atomic mass is 16.1. The van der Waals surface area contributed by atoms with Crippen LogP contribution in [0.3, 0.4) is 0 Å². The second-order valence-corrected chi connectivity index (χ2v) is 3.03. The van der Waals surface area contributed by atoms with Crippen molar-refractivity contribution in [2.45, 2.75) is 25.7 Å². The first-order valence-electron chi connectivity index (χ1n) is 3.94. The van der Waals surface area contributed by atoms with E-state index in [1.54, 1.807) is 0 Å². The molecule has 2 atom stereocenters. The molecule has 0 aromatic rings. The average molecular weight is 153 g/mol. The highest BCUT2D eigenvalue weighted by Crippen LogP contribution is 2.28. The average Bonchev–Trinajstić information content (AvgIpc) is 2.04. The van der Waals surface area contributed by atoms with Gasteiger partial charge in [0.2, 0.25) is 0 Å². The standard InChI is InChI=1S/C8H11NO2/c9-8(11)7-4-2-1-3-6(7)5-10/h5-7H,1-4H2/t6-,7+/m0/s1. The summed E-state index contributed by atoms with van der Waals surface area (Å²) in [4.78, 5) is 21.0. The Morgan fingerprint density at radius 2 is 2.00 bits per heavy atom. The smallest absolute Gasteiger partial charge is 0.268 e. The molecule has 0 bridgehead atoms. The number of nitrogens with zero attached hydrogens (tertiary/aromatic N) is 1. The van der Waals surface area contributed by atoms with Gasteiger partial charge in [-0.15, -0.1) is 5.73 Å². The van der Waals surface area contributed by atoms with Crippen LogP contribution in [0.4, 0.5) is 0 Å². The Labute approximate surface area is 66.0 Å². The summed E-state index contributed by atoms with van der Waals surface area (Å²) < 4.78 is 0. The third-order valence-electron chi connectivity index (χ3n) is 2.31. The number of hydrogen-bond acceptors (Lipinski definition) is 2. The normalized spacial score (nSPS) is 31.3. The van der Waals surface area contributed by atoms with Crippen LogP contribution in [0.2, 0.25) is 0 Å². The molecule has 0 aromatic heterocycles. The third kappa shape index (κ3) is 1.79. The number of aldehydes is 1. The molecule has 1 saturated carbocycles. The van der Waals surface area contributed by atoms with Crippen LogP contribution in [0.5, 0.6) is 0 Å². The van der Waals surface area contributed by atoms with Gasteiger partial charge in [-0.1, -0.05) is 12.8 Å². The van der Waals surface area contributed by atoms with E-state index < -0.39 is 11.8 Å². The molecule has 0 spiro atoms. The van der Waals surface area contributed by atoms with Gasteiger partial charge in [0.25, 0.3) is 5.91 Å². The SMILES string of the molecule is [N]C(=O)[C@@H]1CCCC[C@H]1C=O. The van der Waals surface area contributed by atoms with E-state index in [0.717, 1.165) is 25.5 Å². The third-order valence-corrected chi connectivity index (χ3v) is 2.31. The van der Waals surface area contributed by atoms with E-state index in [0.29, 0.717) is 6.42 Å². The van der Waals surface area contributed by atoms with Crippen LogP contribution in [-0.4, -0.2) is 12.2 Å². The van der Waals surface area contributed by atoms with Crippen LogP contribution in [0.1, 0.15) is 25.7 Å². The van der Waals surface area contributed by atoms with Gasteiger partial charge in [-0.2, -0.15) is 0 Å². The number of carbonyl (C=O) groups is 2. The maximum absolute atomic E-state index is 10.6. The second kappa shape index (κ2) is 3.51. The molecule has 0 N–H and O–H groups in total. The van der Waals surface area contributed by atoms with E-state index in [1.807, 2.05) is 0 Å². The Hall–Kier alpha value is -0.860. The molecule has 3 nitrogen and oxygen atoms in total. The van der Waals surface area contributed by atoms with Crippen molar-refractivity contribution in [3.63, 3.8) is 0 Å². The lowest BCUT2D eigenvalue weighted by atomic mass is 9.80. The van der Waals surface area contributed by atoms with E-state index in [9.17, 15) is 9.59 Å². The van der Waals surface area contributed by atoms with Crippen LogP contribution in [-0.2, 0) is 9.59 Å². The Balaban J connectivity index is 2.58. The molecule has 0 aliphatic heterocycles. The highest BCUT2D eigenvalue weighted by Gasteiger charge is 2.29. The molecule has 1 aliphatic carbocycles. The number of hydrogen-bond donors (Lipinski definition) is 0. The van der Waals surface area contributed by atoms with Crippen LogP contribution >= 0.6 is 0 Å². The molecule has 0 unspecified atom stereocenters. The summed E-state index contributed by atoms with van der Waals surface area (Å²) in [6.45, 7) is 0. The predicted molar refractivity (Wildman–Crippen MR) is 38.7 cm³/mol. The van der Waals surface area contributed by atoms with E-state index in [1.165, 1.54) is 0 Å². The quantitative estimate of drug-likeness (QED) is 0.545. The van der Waals surface area contributed by atoms with Gasteiger partial charge in [0.1, 0.15) is 6.29 Å².